The molecule has 0 radical (unpaired) electrons. The third-order valence-electron chi connectivity index (χ3n) is 3.09. The molecule has 1 saturated carbocycles. The smallest absolute Gasteiger partial charge is 0.293 e. The minimum Gasteiger partial charge on any atom is -0.293 e. The highest BCUT2D eigenvalue weighted by molar-refractivity contribution is 7.12. The van der Waals surface area contributed by atoms with Crippen molar-refractivity contribution < 1.29 is 18.0 Å². The van der Waals surface area contributed by atoms with Crippen molar-refractivity contribution in [3.05, 3.63) is 22.4 Å². The maximum Gasteiger partial charge on any atom is 0.401 e. The molecule has 0 saturated heterocycles. The number of nitrogens with zero attached hydrogens (tertiary/aromatic N) is 1. The van der Waals surface area contributed by atoms with E-state index >= 15 is 0 Å². The van der Waals surface area contributed by atoms with Crippen molar-refractivity contribution in [3.8, 4) is 0 Å². The number of carbonyl (C=O) groups excluding carboxylic acids is 1. The zero-order chi connectivity index (χ0) is 13.9. The maximum atomic E-state index is 12.4. The normalized spacial score (nSPS) is 16.0. The molecule has 1 aromatic rings. The van der Waals surface area contributed by atoms with Crippen molar-refractivity contribution in [2.24, 2.45) is 0 Å². The molecular formula is C13H16F3NOS. The predicted molar refractivity (Wildman–Crippen MR) is 68.5 cm³/mol. The number of hydrogen-bond acceptors (Lipinski definition) is 3. The molecule has 0 bridgehead atoms. The molecular weight excluding hydrogens is 275 g/mol. The van der Waals surface area contributed by atoms with Crippen LogP contribution in [0.15, 0.2) is 17.5 Å². The second-order valence-electron chi connectivity index (χ2n) is 4.82. The highest BCUT2D eigenvalue weighted by atomic mass is 32.1. The van der Waals surface area contributed by atoms with E-state index in [1.807, 2.05) is 5.38 Å². The SMILES string of the molecule is O=C(CCCN(CC(F)(F)F)C1CC1)c1cccs1. The molecule has 0 amide bonds. The average molecular weight is 291 g/mol. The second-order valence-corrected chi connectivity index (χ2v) is 5.77. The van der Waals surface area contributed by atoms with Gasteiger partial charge in [0.2, 0.25) is 0 Å². The van der Waals surface area contributed by atoms with Gasteiger partial charge in [-0.25, -0.2) is 0 Å². The van der Waals surface area contributed by atoms with Crippen LogP contribution in [0.3, 0.4) is 0 Å². The number of ketones is 1. The maximum absolute atomic E-state index is 12.4. The Morgan fingerprint density at radius 1 is 1.42 bits per heavy atom. The summed E-state index contributed by atoms with van der Waals surface area (Å²) < 4.78 is 37.2. The van der Waals surface area contributed by atoms with Crippen molar-refractivity contribution in [1.29, 1.82) is 0 Å². The molecule has 2 nitrogen and oxygen atoms in total. The van der Waals surface area contributed by atoms with Gasteiger partial charge >= 0.3 is 6.18 Å². The predicted octanol–water partition coefficient (Wildman–Crippen LogP) is 3.74. The van der Waals surface area contributed by atoms with Crippen LogP contribution in [0, 0.1) is 0 Å². The molecule has 19 heavy (non-hydrogen) atoms. The number of carbonyl (C=O) groups is 1. The molecule has 0 atom stereocenters. The monoisotopic (exact) mass is 291 g/mol. The molecule has 1 aliphatic rings. The summed E-state index contributed by atoms with van der Waals surface area (Å²) in [5.41, 5.74) is 0. The summed E-state index contributed by atoms with van der Waals surface area (Å²) in [4.78, 5) is 13.9. The fraction of sp³-hybridized carbons (Fsp3) is 0.615. The molecule has 0 N–H and O–H groups in total. The molecule has 1 fully saturated rings. The van der Waals surface area contributed by atoms with Gasteiger partial charge in [-0.15, -0.1) is 11.3 Å². The Morgan fingerprint density at radius 3 is 2.68 bits per heavy atom. The van der Waals surface area contributed by atoms with Crippen LogP contribution in [0.1, 0.15) is 35.4 Å². The number of hydrogen-bond donors (Lipinski definition) is 0. The van der Waals surface area contributed by atoms with Gasteiger partial charge in [0.25, 0.3) is 0 Å². The third-order valence-corrected chi connectivity index (χ3v) is 4.00. The summed E-state index contributed by atoms with van der Waals surface area (Å²) >= 11 is 1.38. The average Bonchev–Trinajstić information content (AvgIpc) is 3.01. The summed E-state index contributed by atoms with van der Waals surface area (Å²) in [5, 5.41) is 1.83. The van der Waals surface area contributed by atoms with Crippen molar-refractivity contribution in [2.45, 2.75) is 37.9 Å². The summed E-state index contributed by atoms with van der Waals surface area (Å²) in [6, 6.07) is 3.62. The molecule has 0 aromatic carbocycles. The van der Waals surface area contributed by atoms with E-state index < -0.39 is 12.7 Å². The Bertz CT molecular complexity index is 412. The highest BCUT2D eigenvalue weighted by Crippen LogP contribution is 2.30. The summed E-state index contributed by atoms with van der Waals surface area (Å²) in [6.07, 6.45) is -1.66. The third kappa shape index (κ3) is 4.95. The van der Waals surface area contributed by atoms with Gasteiger partial charge in [-0.3, -0.25) is 9.69 Å². The van der Waals surface area contributed by atoms with Crippen molar-refractivity contribution in [3.63, 3.8) is 0 Å². The summed E-state index contributed by atoms with van der Waals surface area (Å²) in [5.74, 6) is 0.0257. The van der Waals surface area contributed by atoms with E-state index in [1.165, 1.54) is 16.2 Å². The second kappa shape index (κ2) is 6.05. The lowest BCUT2D eigenvalue weighted by molar-refractivity contribution is -0.147. The standard InChI is InChI=1S/C13H16F3NOS/c14-13(15,16)9-17(10-5-6-10)7-1-3-11(18)12-4-2-8-19-12/h2,4,8,10H,1,3,5-7,9H2. The molecule has 1 aromatic heterocycles. The summed E-state index contributed by atoms with van der Waals surface area (Å²) in [6.45, 7) is -0.508. The molecule has 2 rings (SSSR count). The lowest BCUT2D eigenvalue weighted by Crippen LogP contribution is -2.36. The Balaban J connectivity index is 1.75. The number of halogens is 3. The van der Waals surface area contributed by atoms with Crippen LogP contribution >= 0.6 is 11.3 Å². The molecule has 0 aliphatic heterocycles. The van der Waals surface area contributed by atoms with Gasteiger partial charge in [-0.2, -0.15) is 13.2 Å². The lowest BCUT2D eigenvalue weighted by atomic mass is 10.2. The van der Waals surface area contributed by atoms with Crippen LogP contribution < -0.4 is 0 Å². The van der Waals surface area contributed by atoms with E-state index in [9.17, 15) is 18.0 Å². The van der Waals surface area contributed by atoms with E-state index in [-0.39, 0.29) is 11.8 Å². The minimum absolute atomic E-state index is 0.0257. The molecule has 1 aliphatic carbocycles. The van der Waals surface area contributed by atoms with E-state index in [0.29, 0.717) is 24.3 Å². The molecule has 0 unspecified atom stereocenters. The van der Waals surface area contributed by atoms with Gasteiger partial charge in [0.05, 0.1) is 11.4 Å². The number of alkyl halides is 3. The van der Waals surface area contributed by atoms with Crippen LogP contribution in [0.25, 0.3) is 0 Å². The van der Waals surface area contributed by atoms with Crippen molar-refractivity contribution in [1.82, 2.24) is 4.90 Å². The quantitative estimate of drug-likeness (QED) is 0.713. The van der Waals surface area contributed by atoms with E-state index in [1.54, 1.807) is 12.1 Å². The number of rotatable bonds is 7. The molecule has 106 valence electrons. The Morgan fingerprint density at radius 2 is 2.16 bits per heavy atom. The molecule has 1 heterocycles. The van der Waals surface area contributed by atoms with Gasteiger partial charge in [-0.1, -0.05) is 6.07 Å². The van der Waals surface area contributed by atoms with Gasteiger partial charge in [0.1, 0.15) is 0 Å². The topological polar surface area (TPSA) is 20.3 Å². The van der Waals surface area contributed by atoms with Gasteiger partial charge in [0.15, 0.2) is 5.78 Å². The first-order valence-electron chi connectivity index (χ1n) is 6.33. The van der Waals surface area contributed by atoms with E-state index in [0.717, 1.165) is 12.8 Å². The largest absolute Gasteiger partial charge is 0.401 e. The van der Waals surface area contributed by atoms with E-state index in [2.05, 4.69) is 0 Å². The van der Waals surface area contributed by atoms with Crippen molar-refractivity contribution in [2.75, 3.05) is 13.1 Å². The first-order valence-corrected chi connectivity index (χ1v) is 7.21. The Hall–Kier alpha value is -0.880. The first-order chi connectivity index (χ1) is 8.96. The Labute approximate surface area is 114 Å². The van der Waals surface area contributed by atoms with Gasteiger partial charge in [0, 0.05) is 12.5 Å². The van der Waals surface area contributed by atoms with E-state index in [4.69, 9.17) is 0 Å². The van der Waals surface area contributed by atoms with Gasteiger partial charge < -0.3 is 0 Å². The number of thiophene rings is 1. The van der Waals surface area contributed by atoms with Crippen LogP contribution in [0.4, 0.5) is 13.2 Å². The fourth-order valence-electron chi connectivity index (χ4n) is 2.06. The molecule has 6 heteroatoms. The zero-order valence-corrected chi connectivity index (χ0v) is 11.3. The lowest BCUT2D eigenvalue weighted by Gasteiger charge is -2.23. The minimum atomic E-state index is -4.15. The molecule has 0 spiro atoms. The van der Waals surface area contributed by atoms with Crippen molar-refractivity contribution >= 4 is 17.1 Å². The summed E-state index contributed by atoms with van der Waals surface area (Å²) in [7, 11) is 0. The van der Waals surface area contributed by atoms with Crippen LogP contribution in [-0.2, 0) is 0 Å². The Kier molecular flexibility index (Phi) is 4.62. The first kappa shape index (κ1) is 14.5. The highest BCUT2D eigenvalue weighted by Gasteiger charge is 2.37. The van der Waals surface area contributed by atoms with Crippen LogP contribution in [0.2, 0.25) is 0 Å². The van der Waals surface area contributed by atoms with Crippen LogP contribution in [0.5, 0.6) is 0 Å². The fourth-order valence-corrected chi connectivity index (χ4v) is 2.76. The number of Topliss-reactive ketones (excluding diaryl/α,β-unsaturated/α-hetero) is 1. The van der Waals surface area contributed by atoms with Crippen LogP contribution in [-0.4, -0.2) is 36.0 Å². The zero-order valence-electron chi connectivity index (χ0n) is 10.4. The van der Waals surface area contributed by atoms with Gasteiger partial charge in [-0.05, 0) is 37.3 Å².